The zero-order chi connectivity index (χ0) is 12.7. The maximum atomic E-state index is 12.0. The summed E-state index contributed by atoms with van der Waals surface area (Å²) in [5, 5.41) is 3.24. The molecule has 0 saturated heterocycles. The normalized spacial score (nSPS) is 12.0. The third kappa shape index (κ3) is 5.77. The first kappa shape index (κ1) is 14.1. The van der Waals surface area contributed by atoms with Crippen LogP contribution in [0.4, 0.5) is 13.2 Å². The lowest BCUT2D eigenvalue weighted by Crippen LogP contribution is -2.17. The number of hydrogen-bond donors (Lipinski definition) is 1. The Kier molecular flexibility index (Phi) is 5.55. The van der Waals surface area contributed by atoms with E-state index in [-0.39, 0.29) is 6.42 Å². The molecule has 0 aliphatic rings. The SMILES string of the molecule is CCCNCc1cccn1CCCC(F)(F)F. The summed E-state index contributed by atoms with van der Waals surface area (Å²) in [6.07, 6.45) is -1.74. The zero-order valence-electron chi connectivity index (χ0n) is 10.1. The maximum absolute atomic E-state index is 12.0. The maximum Gasteiger partial charge on any atom is 0.389 e. The van der Waals surface area contributed by atoms with Crippen molar-refractivity contribution in [2.24, 2.45) is 0 Å². The molecule has 0 fully saturated rings. The van der Waals surface area contributed by atoms with E-state index < -0.39 is 12.6 Å². The van der Waals surface area contributed by atoms with Crippen LogP contribution in [0.25, 0.3) is 0 Å². The standard InChI is InChI=1S/C12H19F3N2/c1-2-7-16-10-11-5-3-8-17(11)9-4-6-12(13,14)15/h3,5,8,16H,2,4,6-7,9-10H2,1H3. The van der Waals surface area contributed by atoms with Crippen LogP contribution < -0.4 is 5.32 Å². The Labute approximate surface area is 99.8 Å². The highest BCUT2D eigenvalue weighted by atomic mass is 19.4. The fraction of sp³-hybridized carbons (Fsp3) is 0.667. The van der Waals surface area contributed by atoms with E-state index in [1.54, 1.807) is 0 Å². The van der Waals surface area contributed by atoms with Gasteiger partial charge in [-0.05, 0) is 31.5 Å². The highest BCUT2D eigenvalue weighted by Gasteiger charge is 2.26. The Hall–Kier alpha value is -0.970. The summed E-state index contributed by atoms with van der Waals surface area (Å²) in [5.41, 5.74) is 1.04. The van der Waals surface area contributed by atoms with Crippen LogP contribution in [0.15, 0.2) is 18.3 Å². The highest BCUT2D eigenvalue weighted by molar-refractivity contribution is 5.06. The van der Waals surface area contributed by atoms with Crippen LogP contribution in [0.3, 0.4) is 0 Å². The molecular formula is C12H19F3N2. The van der Waals surface area contributed by atoms with Crippen LogP contribution in [0.2, 0.25) is 0 Å². The molecule has 98 valence electrons. The Morgan fingerprint density at radius 2 is 2.12 bits per heavy atom. The molecule has 0 aliphatic heterocycles. The Bertz CT molecular complexity index is 318. The van der Waals surface area contributed by atoms with E-state index in [4.69, 9.17) is 0 Å². The first-order valence-electron chi connectivity index (χ1n) is 5.94. The predicted octanol–water partition coefficient (Wildman–Crippen LogP) is 3.33. The average Bonchev–Trinajstić information content (AvgIpc) is 2.64. The fourth-order valence-corrected chi connectivity index (χ4v) is 1.67. The minimum atomic E-state index is -4.05. The summed E-state index contributed by atoms with van der Waals surface area (Å²) < 4.78 is 37.9. The van der Waals surface area contributed by atoms with Crippen LogP contribution in [0.1, 0.15) is 31.9 Å². The second-order valence-electron chi connectivity index (χ2n) is 4.09. The topological polar surface area (TPSA) is 17.0 Å². The monoisotopic (exact) mass is 248 g/mol. The van der Waals surface area contributed by atoms with Crippen molar-refractivity contribution in [2.75, 3.05) is 6.54 Å². The van der Waals surface area contributed by atoms with E-state index in [1.807, 2.05) is 22.9 Å². The molecule has 0 radical (unpaired) electrons. The van der Waals surface area contributed by atoms with Crippen LogP contribution in [-0.2, 0) is 13.1 Å². The van der Waals surface area contributed by atoms with Crippen molar-refractivity contribution < 1.29 is 13.2 Å². The number of rotatable bonds is 7. The molecule has 1 aromatic heterocycles. The molecule has 0 saturated carbocycles. The molecule has 1 N–H and O–H groups in total. The molecule has 2 nitrogen and oxygen atoms in total. The van der Waals surface area contributed by atoms with Gasteiger partial charge in [-0.15, -0.1) is 0 Å². The van der Waals surface area contributed by atoms with E-state index in [0.717, 1.165) is 18.7 Å². The average molecular weight is 248 g/mol. The number of hydrogen-bond acceptors (Lipinski definition) is 1. The summed E-state index contributed by atoms with van der Waals surface area (Å²) in [7, 11) is 0. The summed E-state index contributed by atoms with van der Waals surface area (Å²) in [4.78, 5) is 0. The molecule has 1 heterocycles. The third-order valence-corrected chi connectivity index (χ3v) is 2.52. The number of nitrogens with one attached hydrogen (secondary N) is 1. The quantitative estimate of drug-likeness (QED) is 0.732. The largest absolute Gasteiger partial charge is 0.389 e. The summed E-state index contributed by atoms with van der Waals surface area (Å²) >= 11 is 0. The molecule has 0 aliphatic carbocycles. The molecule has 0 spiro atoms. The molecule has 0 aromatic carbocycles. The zero-order valence-corrected chi connectivity index (χ0v) is 10.1. The fourth-order valence-electron chi connectivity index (χ4n) is 1.67. The van der Waals surface area contributed by atoms with Gasteiger partial charge in [0.25, 0.3) is 0 Å². The van der Waals surface area contributed by atoms with Gasteiger partial charge in [0.2, 0.25) is 0 Å². The minimum Gasteiger partial charge on any atom is -0.350 e. The summed E-state index contributed by atoms with van der Waals surface area (Å²) in [5.74, 6) is 0. The summed E-state index contributed by atoms with van der Waals surface area (Å²) in [6, 6.07) is 3.81. The lowest BCUT2D eigenvalue weighted by atomic mass is 10.3. The van der Waals surface area contributed by atoms with Crippen molar-refractivity contribution in [1.29, 1.82) is 0 Å². The van der Waals surface area contributed by atoms with E-state index >= 15 is 0 Å². The number of aromatic nitrogens is 1. The van der Waals surface area contributed by atoms with Crippen LogP contribution in [0, 0.1) is 0 Å². The predicted molar refractivity (Wildman–Crippen MR) is 61.7 cm³/mol. The van der Waals surface area contributed by atoms with Gasteiger partial charge in [-0.3, -0.25) is 0 Å². The van der Waals surface area contributed by atoms with E-state index in [0.29, 0.717) is 13.1 Å². The molecular weight excluding hydrogens is 229 g/mol. The van der Waals surface area contributed by atoms with Gasteiger partial charge in [-0.25, -0.2) is 0 Å². The molecule has 5 heteroatoms. The first-order chi connectivity index (χ1) is 8.03. The molecule has 17 heavy (non-hydrogen) atoms. The van der Waals surface area contributed by atoms with Crippen molar-refractivity contribution in [2.45, 2.75) is 45.5 Å². The van der Waals surface area contributed by atoms with E-state index in [1.165, 1.54) is 0 Å². The van der Waals surface area contributed by atoms with Gasteiger partial charge in [0.05, 0.1) is 0 Å². The number of aryl methyl sites for hydroxylation is 1. The minimum absolute atomic E-state index is 0.138. The molecule has 0 bridgehead atoms. The second kappa shape index (κ2) is 6.69. The molecule has 0 amide bonds. The highest BCUT2D eigenvalue weighted by Crippen LogP contribution is 2.21. The first-order valence-corrected chi connectivity index (χ1v) is 5.94. The lowest BCUT2D eigenvalue weighted by Gasteiger charge is -2.11. The van der Waals surface area contributed by atoms with Crippen molar-refractivity contribution in [1.82, 2.24) is 9.88 Å². The van der Waals surface area contributed by atoms with Gasteiger partial charge in [-0.1, -0.05) is 6.92 Å². The number of nitrogens with zero attached hydrogens (tertiary/aromatic N) is 1. The molecule has 0 unspecified atom stereocenters. The van der Waals surface area contributed by atoms with Gasteiger partial charge >= 0.3 is 6.18 Å². The second-order valence-corrected chi connectivity index (χ2v) is 4.09. The van der Waals surface area contributed by atoms with Crippen molar-refractivity contribution in [3.8, 4) is 0 Å². The van der Waals surface area contributed by atoms with Gasteiger partial charge < -0.3 is 9.88 Å². The summed E-state index contributed by atoms with van der Waals surface area (Å²) in [6.45, 7) is 4.14. The Morgan fingerprint density at radius 1 is 1.35 bits per heavy atom. The van der Waals surface area contributed by atoms with Crippen LogP contribution >= 0.6 is 0 Å². The molecule has 0 atom stereocenters. The van der Waals surface area contributed by atoms with E-state index in [2.05, 4.69) is 12.2 Å². The van der Waals surface area contributed by atoms with E-state index in [9.17, 15) is 13.2 Å². The van der Waals surface area contributed by atoms with Crippen LogP contribution in [0.5, 0.6) is 0 Å². The van der Waals surface area contributed by atoms with Crippen molar-refractivity contribution >= 4 is 0 Å². The third-order valence-electron chi connectivity index (χ3n) is 2.52. The molecule has 1 aromatic rings. The Morgan fingerprint density at radius 3 is 2.76 bits per heavy atom. The molecule has 1 rings (SSSR count). The lowest BCUT2D eigenvalue weighted by molar-refractivity contribution is -0.135. The Balaban J connectivity index is 2.35. The van der Waals surface area contributed by atoms with Gasteiger partial charge in [0.15, 0.2) is 0 Å². The van der Waals surface area contributed by atoms with Gasteiger partial charge in [-0.2, -0.15) is 13.2 Å². The number of halogens is 3. The van der Waals surface area contributed by atoms with Crippen LogP contribution in [-0.4, -0.2) is 17.3 Å². The number of alkyl halides is 3. The van der Waals surface area contributed by atoms with Gasteiger partial charge in [0, 0.05) is 31.4 Å². The van der Waals surface area contributed by atoms with Gasteiger partial charge in [0.1, 0.15) is 0 Å². The smallest absolute Gasteiger partial charge is 0.350 e. The van der Waals surface area contributed by atoms with Crippen molar-refractivity contribution in [3.63, 3.8) is 0 Å². The van der Waals surface area contributed by atoms with Crippen molar-refractivity contribution in [3.05, 3.63) is 24.0 Å².